The second-order valence-corrected chi connectivity index (χ2v) is 4.65. The Morgan fingerprint density at radius 2 is 1.67 bits per heavy atom. The van der Waals surface area contributed by atoms with Gasteiger partial charge in [-0.25, -0.2) is 0 Å². The zero-order chi connectivity index (χ0) is 13.1. The molecule has 94 valence electrons. The highest BCUT2D eigenvalue weighted by atomic mass is 35.5. The largest absolute Gasteiger partial charge is 0.455 e. The van der Waals surface area contributed by atoms with Crippen LogP contribution in [0.1, 0.15) is 18.6 Å². The third-order valence-corrected chi connectivity index (χ3v) is 3.31. The van der Waals surface area contributed by atoms with Gasteiger partial charge in [0, 0.05) is 5.56 Å². The van der Waals surface area contributed by atoms with Crippen LogP contribution in [0.15, 0.2) is 42.5 Å². The van der Waals surface area contributed by atoms with E-state index in [-0.39, 0.29) is 0 Å². The maximum absolute atomic E-state index is 9.67. The molecule has 2 aromatic rings. The number of rotatable bonds is 3. The van der Waals surface area contributed by atoms with Crippen LogP contribution in [-0.2, 0) is 0 Å². The first-order valence-corrected chi connectivity index (χ1v) is 6.24. The normalized spacial score (nSPS) is 12.2. The van der Waals surface area contributed by atoms with E-state index in [1.54, 1.807) is 37.3 Å². The molecule has 0 aliphatic rings. The minimum atomic E-state index is -0.612. The van der Waals surface area contributed by atoms with Gasteiger partial charge < -0.3 is 9.84 Å². The molecule has 0 aliphatic heterocycles. The van der Waals surface area contributed by atoms with Crippen LogP contribution in [0.4, 0.5) is 0 Å². The van der Waals surface area contributed by atoms with E-state index >= 15 is 0 Å². The lowest BCUT2D eigenvalue weighted by Gasteiger charge is -2.14. The molecule has 0 amide bonds. The van der Waals surface area contributed by atoms with Crippen molar-refractivity contribution in [2.24, 2.45) is 0 Å². The Morgan fingerprint density at radius 1 is 1.00 bits per heavy atom. The predicted octanol–water partition coefficient (Wildman–Crippen LogP) is 4.84. The summed E-state index contributed by atoms with van der Waals surface area (Å²) in [7, 11) is 0. The molecule has 18 heavy (non-hydrogen) atoms. The number of aliphatic hydroxyl groups excluding tert-OH is 1. The first-order valence-electron chi connectivity index (χ1n) is 5.48. The SMILES string of the molecule is C[C@H](O)c1ccccc1Oc1cccc(Cl)c1Cl. The van der Waals surface area contributed by atoms with Gasteiger partial charge in [-0.1, -0.05) is 47.5 Å². The monoisotopic (exact) mass is 282 g/mol. The maximum atomic E-state index is 9.67. The number of aliphatic hydroxyl groups is 1. The molecule has 0 fully saturated rings. The fourth-order valence-corrected chi connectivity index (χ4v) is 1.93. The van der Waals surface area contributed by atoms with Gasteiger partial charge in [0.15, 0.2) is 0 Å². The van der Waals surface area contributed by atoms with Crippen LogP contribution in [0.25, 0.3) is 0 Å². The van der Waals surface area contributed by atoms with Gasteiger partial charge >= 0.3 is 0 Å². The van der Waals surface area contributed by atoms with Crippen molar-refractivity contribution in [2.75, 3.05) is 0 Å². The Balaban J connectivity index is 2.37. The van der Waals surface area contributed by atoms with E-state index in [0.717, 1.165) is 0 Å². The molecule has 0 unspecified atom stereocenters. The molecule has 0 saturated heterocycles. The van der Waals surface area contributed by atoms with Crippen molar-refractivity contribution in [3.05, 3.63) is 58.1 Å². The summed E-state index contributed by atoms with van der Waals surface area (Å²) in [5.41, 5.74) is 0.702. The van der Waals surface area contributed by atoms with Crippen LogP contribution in [0, 0.1) is 0 Å². The minimum Gasteiger partial charge on any atom is -0.455 e. The summed E-state index contributed by atoms with van der Waals surface area (Å²) < 4.78 is 5.71. The van der Waals surface area contributed by atoms with Gasteiger partial charge in [0.05, 0.1) is 11.1 Å². The summed E-state index contributed by atoms with van der Waals surface area (Å²) in [5, 5.41) is 10.5. The van der Waals surface area contributed by atoms with E-state index in [1.807, 2.05) is 12.1 Å². The van der Waals surface area contributed by atoms with Crippen LogP contribution < -0.4 is 4.74 Å². The van der Waals surface area contributed by atoms with E-state index in [4.69, 9.17) is 27.9 Å². The molecule has 0 heterocycles. The van der Waals surface area contributed by atoms with Crippen molar-refractivity contribution in [3.8, 4) is 11.5 Å². The van der Waals surface area contributed by atoms with E-state index in [0.29, 0.717) is 27.1 Å². The summed E-state index contributed by atoms with van der Waals surface area (Å²) >= 11 is 12.0. The number of para-hydroxylation sites is 1. The molecule has 2 nitrogen and oxygen atoms in total. The molecule has 1 N–H and O–H groups in total. The summed E-state index contributed by atoms with van der Waals surface area (Å²) in [6, 6.07) is 12.4. The summed E-state index contributed by atoms with van der Waals surface area (Å²) in [4.78, 5) is 0. The first kappa shape index (κ1) is 13.2. The summed E-state index contributed by atoms with van der Waals surface area (Å²) in [6.45, 7) is 1.68. The molecule has 0 bridgehead atoms. The quantitative estimate of drug-likeness (QED) is 0.873. The second kappa shape index (κ2) is 5.61. The van der Waals surface area contributed by atoms with Crippen molar-refractivity contribution in [3.63, 3.8) is 0 Å². The Hall–Kier alpha value is -1.22. The van der Waals surface area contributed by atoms with E-state index < -0.39 is 6.10 Å². The highest BCUT2D eigenvalue weighted by Crippen LogP contribution is 2.36. The standard InChI is InChI=1S/C14H12Cl2O2/c1-9(17)10-5-2-3-7-12(10)18-13-8-4-6-11(15)14(13)16/h2-9,17H,1H3/t9-/m0/s1. The molecule has 2 aromatic carbocycles. The van der Waals surface area contributed by atoms with Crippen molar-refractivity contribution < 1.29 is 9.84 Å². The van der Waals surface area contributed by atoms with Gasteiger partial charge in [0.2, 0.25) is 0 Å². The van der Waals surface area contributed by atoms with Crippen molar-refractivity contribution in [2.45, 2.75) is 13.0 Å². The zero-order valence-electron chi connectivity index (χ0n) is 9.73. The van der Waals surface area contributed by atoms with Gasteiger partial charge in [-0.15, -0.1) is 0 Å². The third kappa shape index (κ3) is 2.78. The Morgan fingerprint density at radius 3 is 2.39 bits per heavy atom. The molecule has 4 heteroatoms. The maximum Gasteiger partial charge on any atom is 0.147 e. The van der Waals surface area contributed by atoms with Crippen molar-refractivity contribution in [1.29, 1.82) is 0 Å². The average molecular weight is 283 g/mol. The molecule has 0 aliphatic carbocycles. The summed E-state index contributed by atoms with van der Waals surface area (Å²) in [6.07, 6.45) is -0.612. The number of halogens is 2. The lowest BCUT2D eigenvalue weighted by Crippen LogP contribution is -1.96. The van der Waals surface area contributed by atoms with E-state index in [2.05, 4.69) is 0 Å². The van der Waals surface area contributed by atoms with E-state index in [9.17, 15) is 5.11 Å². The van der Waals surface area contributed by atoms with Crippen LogP contribution in [0.5, 0.6) is 11.5 Å². The highest BCUT2D eigenvalue weighted by molar-refractivity contribution is 6.42. The Bertz CT molecular complexity index is 553. The smallest absolute Gasteiger partial charge is 0.147 e. The molecule has 1 atom stereocenters. The number of hydrogen-bond donors (Lipinski definition) is 1. The fraction of sp³-hybridized carbons (Fsp3) is 0.143. The summed E-state index contributed by atoms with van der Waals surface area (Å²) in [5.74, 6) is 1.04. The van der Waals surface area contributed by atoms with Crippen LogP contribution in [0.2, 0.25) is 10.0 Å². The molecule has 2 rings (SSSR count). The Kier molecular flexibility index (Phi) is 4.12. The van der Waals surface area contributed by atoms with Crippen molar-refractivity contribution in [1.82, 2.24) is 0 Å². The van der Waals surface area contributed by atoms with Crippen LogP contribution in [0.3, 0.4) is 0 Å². The molecule has 0 aromatic heterocycles. The molecular formula is C14H12Cl2O2. The molecule has 0 saturated carbocycles. The van der Waals surface area contributed by atoms with Gasteiger partial charge in [-0.3, -0.25) is 0 Å². The highest BCUT2D eigenvalue weighted by Gasteiger charge is 2.11. The zero-order valence-corrected chi connectivity index (χ0v) is 11.2. The molecule has 0 radical (unpaired) electrons. The second-order valence-electron chi connectivity index (χ2n) is 3.87. The first-order chi connectivity index (χ1) is 8.59. The minimum absolute atomic E-state index is 0.361. The Labute approximate surface area is 116 Å². The lowest BCUT2D eigenvalue weighted by atomic mass is 10.1. The number of ether oxygens (including phenoxy) is 1. The topological polar surface area (TPSA) is 29.5 Å². The van der Waals surface area contributed by atoms with Gasteiger partial charge in [-0.05, 0) is 25.1 Å². The van der Waals surface area contributed by atoms with E-state index in [1.165, 1.54) is 0 Å². The fourth-order valence-electron chi connectivity index (χ4n) is 1.60. The number of hydrogen-bond acceptors (Lipinski definition) is 2. The van der Waals surface area contributed by atoms with Gasteiger partial charge in [0.25, 0.3) is 0 Å². The van der Waals surface area contributed by atoms with Gasteiger partial charge in [0.1, 0.15) is 16.5 Å². The lowest BCUT2D eigenvalue weighted by molar-refractivity contribution is 0.195. The van der Waals surface area contributed by atoms with Crippen LogP contribution in [-0.4, -0.2) is 5.11 Å². The molecular weight excluding hydrogens is 271 g/mol. The average Bonchev–Trinajstić information content (AvgIpc) is 2.35. The van der Waals surface area contributed by atoms with Gasteiger partial charge in [-0.2, -0.15) is 0 Å². The number of benzene rings is 2. The predicted molar refractivity (Wildman–Crippen MR) is 73.6 cm³/mol. The van der Waals surface area contributed by atoms with Crippen molar-refractivity contribution >= 4 is 23.2 Å². The van der Waals surface area contributed by atoms with Crippen LogP contribution >= 0.6 is 23.2 Å². The molecule has 0 spiro atoms. The third-order valence-electron chi connectivity index (χ3n) is 2.51.